The summed E-state index contributed by atoms with van der Waals surface area (Å²) < 4.78 is 0. The zero-order chi connectivity index (χ0) is 16.5. The Labute approximate surface area is 147 Å². The summed E-state index contributed by atoms with van der Waals surface area (Å²) in [4.78, 5) is 12.1. The number of hydrogen-bond donors (Lipinski definition) is 1. The summed E-state index contributed by atoms with van der Waals surface area (Å²) in [6.07, 6.45) is 1.88. The Morgan fingerprint density at radius 2 is 1.78 bits per heavy atom. The van der Waals surface area contributed by atoms with Gasteiger partial charge in [-0.15, -0.1) is 11.8 Å². The minimum atomic E-state index is -0.0364. The highest BCUT2D eigenvalue weighted by Crippen LogP contribution is 2.17. The van der Waals surface area contributed by atoms with Crippen LogP contribution in [0.2, 0.25) is 5.02 Å². The zero-order valence-corrected chi connectivity index (χ0v) is 14.9. The number of rotatable bonds is 8. The van der Waals surface area contributed by atoms with Crippen molar-refractivity contribution < 1.29 is 4.79 Å². The van der Waals surface area contributed by atoms with Gasteiger partial charge < -0.3 is 5.32 Å². The lowest BCUT2D eigenvalue weighted by Gasteiger charge is -2.12. The van der Waals surface area contributed by atoms with Gasteiger partial charge >= 0.3 is 0 Å². The van der Waals surface area contributed by atoms with Gasteiger partial charge in [0.15, 0.2) is 0 Å². The molecule has 0 radical (unpaired) electrons. The van der Waals surface area contributed by atoms with Crippen molar-refractivity contribution in [1.29, 1.82) is 0 Å². The van der Waals surface area contributed by atoms with Crippen molar-refractivity contribution in [1.82, 2.24) is 5.32 Å². The van der Waals surface area contributed by atoms with E-state index in [0.29, 0.717) is 6.54 Å². The highest BCUT2D eigenvalue weighted by molar-refractivity contribution is 7.99. The fraction of sp³-hybridized carbons (Fsp3) is 0.316. The lowest BCUT2D eigenvalue weighted by atomic mass is 10.1. The third-order valence-corrected chi connectivity index (χ3v) is 5.03. The molecule has 122 valence electrons. The van der Waals surface area contributed by atoms with E-state index in [1.807, 2.05) is 49.4 Å². The molecule has 2 nitrogen and oxygen atoms in total. The molecule has 23 heavy (non-hydrogen) atoms. The predicted octanol–water partition coefficient (Wildman–Crippen LogP) is 4.71. The molecule has 0 fully saturated rings. The monoisotopic (exact) mass is 347 g/mol. The van der Waals surface area contributed by atoms with E-state index in [-0.39, 0.29) is 11.2 Å². The summed E-state index contributed by atoms with van der Waals surface area (Å²) in [7, 11) is 0. The zero-order valence-electron chi connectivity index (χ0n) is 13.3. The number of nitrogens with one attached hydrogen (secondary N) is 1. The molecule has 0 saturated heterocycles. The predicted molar refractivity (Wildman–Crippen MR) is 100.0 cm³/mol. The molecule has 0 unspecified atom stereocenters. The number of thioether (sulfide) groups is 1. The first kappa shape index (κ1) is 17.9. The van der Waals surface area contributed by atoms with Gasteiger partial charge in [0.05, 0.1) is 5.25 Å². The average molecular weight is 348 g/mol. The number of hydrogen-bond acceptors (Lipinski definition) is 2. The minimum absolute atomic E-state index is 0.0364. The van der Waals surface area contributed by atoms with E-state index in [1.165, 1.54) is 11.1 Å². The normalized spacial score (nSPS) is 11.9. The van der Waals surface area contributed by atoms with Crippen LogP contribution >= 0.6 is 23.4 Å². The van der Waals surface area contributed by atoms with Crippen molar-refractivity contribution in [3.63, 3.8) is 0 Å². The molecular weight excluding hydrogens is 326 g/mol. The van der Waals surface area contributed by atoms with E-state index in [9.17, 15) is 4.79 Å². The van der Waals surface area contributed by atoms with Crippen molar-refractivity contribution in [3.8, 4) is 0 Å². The van der Waals surface area contributed by atoms with Crippen LogP contribution in [0.5, 0.6) is 0 Å². The molecule has 0 aliphatic rings. The Kier molecular flexibility index (Phi) is 7.50. The summed E-state index contributed by atoms with van der Waals surface area (Å²) in [6, 6.07) is 18.1. The molecule has 0 bridgehead atoms. The van der Waals surface area contributed by atoms with Gasteiger partial charge in [0.2, 0.25) is 5.91 Å². The summed E-state index contributed by atoms with van der Waals surface area (Å²) in [5.41, 5.74) is 2.50. The van der Waals surface area contributed by atoms with E-state index in [0.717, 1.165) is 23.6 Å². The first-order valence-electron chi connectivity index (χ1n) is 7.83. The van der Waals surface area contributed by atoms with Gasteiger partial charge in [0.1, 0.15) is 0 Å². The fourth-order valence-corrected chi connectivity index (χ4v) is 3.17. The maximum atomic E-state index is 12.1. The minimum Gasteiger partial charge on any atom is -0.355 e. The van der Waals surface area contributed by atoms with Crippen LogP contribution in [0.3, 0.4) is 0 Å². The molecule has 2 aromatic rings. The van der Waals surface area contributed by atoms with E-state index in [2.05, 4.69) is 17.4 Å². The molecule has 0 spiro atoms. The number of carbonyl (C=O) groups excluding carboxylic acids is 1. The van der Waals surface area contributed by atoms with Crippen LogP contribution in [-0.2, 0) is 17.0 Å². The number of amides is 1. The van der Waals surface area contributed by atoms with Crippen molar-refractivity contribution >= 4 is 29.3 Å². The summed E-state index contributed by atoms with van der Waals surface area (Å²) in [6.45, 7) is 2.67. The highest BCUT2D eigenvalue weighted by atomic mass is 35.5. The van der Waals surface area contributed by atoms with Gasteiger partial charge in [-0.25, -0.2) is 0 Å². The highest BCUT2D eigenvalue weighted by Gasteiger charge is 2.12. The SMILES string of the molecule is C[C@H](SCc1ccccc1)C(=O)NCCCc1ccc(Cl)cc1. The van der Waals surface area contributed by atoms with Gasteiger partial charge in [-0.1, -0.05) is 54.1 Å². The summed E-state index contributed by atoms with van der Waals surface area (Å²) >= 11 is 7.53. The topological polar surface area (TPSA) is 29.1 Å². The maximum absolute atomic E-state index is 12.1. The van der Waals surface area contributed by atoms with Crippen molar-refractivity contribution in [2.24, 2.45) is 0 Å². The molecule has 0 aliphatic heterocycles. The molecule has 2 rings (SSSR count). The number of carbonyl (C=O) groups is 1. The molecule has 0 aromatic heterocycles. The molecule has 1 amide bonds. The Hall–Kier alpha value is -1.45. The largest absolute Gasteiger partial charge is 0.355 e. The maximum Gasteiger partial charge on any atom is 0.232 e. The van der Waals surface area contributed by atoms with Crippen LogP contribution < -0.4 is 5.32 Å². The van der Waals surface area contributed by atoms with Gasteiger partial charge in [0, 0.05) is 17.3 Å². The van der Waals surface area contributed by atoms with Crippen LogP contribution in [0, 0.1) is 0 Å². The van der Waals surface area contributed by atoms with Gasteiger partial charge in [0.25, 0.3) is 0 Å². The standard InChI is InChI=1S/C19H22ClNOS/c1-15(23-14-17-6-3-2-4-7-17)19(22)21-13-5-8-16-9-11-18(20)12-10-16/h2-4,6-7,9-12,15H,5,8,13-14H2,1H3,(H,21,22)/t15-/m0/s1. The Morgan fingerprint density at radius 1 is 1.09 bits per heavy atom. The molecule has 4 heteroatoms. The third kappa shape index (κ3) is 6.67. The average Bonchev–Trinajstić information content (AvgIpc) is 2.59. The first-order valence-corrected chi connectivity index (χ1v) is 9.25. The molecule has 2 aromatic carbocycles. The van der Waals surface area contributed by atoms with Crippen LogP contribution in [0.4, 0.5) is 0 Å². The fourth-order valence-electron chi connectivity index (χ4n) is 2.17. The Balaban J connectivity index is 1.63. The Morgan fingerprint density at radius 3 is 2.48 bits per heavy atom. The Bertz CT molecular complexity index is 601. The van der Waals surface area contributed by atoms with Gasteiger partial charge in [-0.05, 0) is 43.0 Å². The molecular formula is C19H22ClNOS. The van der Waals surface area contributed by atoms with Crippen LogP contribution in [-0.4, -0.2) is 17.7 Å². The van der Waals surface area contributed by atoms with E-state index < -0.39 is 0 Å². The van der Waals surface area contributed by atoms with E-state index >= 15 is 0 Å². The second-order valence-corrected chi connectivity index (χ2v) is 7.23. The third-order valence-electron chi connectivity index (χ3n) is 3.57. The molecule has 1 N–H and O–H groups in total. The smallest absolute Gasteiger partial charge is 0.232 e. The van der Waals surface area contributed by atoms with Gasteiger partial charge in [-0.3, -0.25) is 4.79 Å². The van der Waals surface area contributed by atoms with Crippen molar-refractivity contribution in [3.05, 3.63) is 70.7 Å². The quantitative estimate of drug-likeness (QED) is 0.700. The second kappa shape index (κ2) is 9.64. The van der Waals surface area contributed by atoms with Crippen LogP contribution in [0.15, 0.2) is 54.6 Å². The van der Waals surface area contributed by atoms with Crippen LogP contribution in [0.1, 0.15) is 24.5 Å². The molecule has 1 atom stereocenters. The van der Waals surface area contributed by atoms with Crippen LogP contribution in [0.25, 0.3) is 0 Å². The summed E-state index contributed by atoms with van der Waals surface area (Å²) in [5.74, 6) is 0.974. The van der Waals surface area contributed by atoms with E-state index in [1.54, 1.807) is 11.8 Å². The summed E-state index contributed by atoms with van der Waals surface area (Å²) in [5, 5.41) is 3.73. The lowest BCUT2D eigenvalue weighted by molar-refractivity contribution is -0.120. The van der Waals surface area contributed by atoms with Crippen molar-refractivity contribution in [2.45, 2.75) is 30.8 Å². The number of benzene rings is 2. The van der Waals surface area contributed by atoms with E-state index in [4.69, 9.17) is 11.6 Å². The lowest BCUT2D eigenvalue weighted by Crippen LogP contribution is -2.31. The van der Waals surface area contributed by atoms with Gasteiger partial charge in [-0.2, -0.15) is 0 Å². The number of halogens is 1. The van der Waals surface area contributed by atoms with Crippen molar-refractivity contribution in [2.75, 3.05) is 6.54 Å². The molecule has 0 saturated carbocycles. The molecule has 0 heterocycles. The number of aryl methyl sites for hydroxylation is 1. The second-order valence-electron chi connectivity index (χ2n) is 5.46. The molecule has 0 aliphatic carbocycles. The first-order chi connectivity index (χ1) is 11.1.